The first kappa shape index (κ1) is 19.6. The molecule has 0 bridgehead atoms. The predicted molar refractivity (Wildman–Crippen MR) is 116 cm³/mol. The first-order valence-corrected chi connectivity index (χ1v) is 10.1. The summed E-state index contributed by atoms with van der Waals surface area (Å²) in [6.07, 6.45) is 1.99. The molecule has 32 heavy (non-hydrogen) atoms. The zero-order chi connectivity index (χ0) is 22.1. The maximum absolute atomic E-state index is 12.6. The minimum atomic E-state index is -0.464. The Bertz CT molecular complexity index is 1380. The quantitative estimate of drug-likeness (QED) is 0.326. The van der Waals surface area contributed by atoms with E-state index in [0.717, 1.165) is 22.6 Å². The van der Waals surface area contributed by atoms with Gasteiger partial charge in [0, 0.05) is 18.1 Å². The van der Waals surface area contributed by atoms with E-state index >= 15 is 0 Å². The van der Waals surface area contributed by atoms with Gasteiger partial charge in [-0.1, -0.05) is 29.3 Å². The number of carbonyl (C=O) groups excluding carboxylic acids is 1. The van der Waals surface area contributed by atoms with Gasteiger partial charge in [0.25, 0.3) is 0 Å². The van der Waals surface area contributed by atoms with Crippen LogP contribution in [0.4, 0.5) is 0 Å². The molecule has 8 nitrogen and oxygen atoms in total. The molecule has 3 heterocycles. The van der Waals surface area contributed by atoms with Gasteiger partial charge in [0.05, 0.1) is 36.5 Å². The number of nitrogens with zero attached hydrogens (tertiary/aromatic N) is 5. The summed E-state index contributed by atoms with van der Waals surface area (Å²) in [5, 5.41) is 8.71. The molecule has 2 aromatic heterocycles. The Kier molecular flexibility index (Phi) is 4.92. The van der Waals surface area contributed by atoms with Crippen molar-refractivity contribution in [3.8, 4) is 29.0 Å². The molecule has 0 N–H and O–H groups in total. The highest BCUT2D eigenvalue weighted by molar-refractivity contribution is 5.89. The molecule has 2 aromatic carbocycles. The van der Waals surface area contributed by atoms with Crippen LogP contribution < -0.4 is 4.74 Å². The van der Waals surface area contributed by atoms with Gasteiger partial charge in [-0.05, 0) is 37.1 Å². The van der Waals surface area contributed by atoms with Crippen LogP contribution in [0.3, 0.4) is 0 Å². The second-order valence-electron chi connectivity index (χ2n) is 7.07. The summed E-state index contributed by atoms with van der Waals surface area (Å²) < 4.78 is 14.3. The number of fused-ring (bicyclic) bond motifs is 5. The number of hydrogen-bond donors (Lipinski definition) is 0. The normalized spacial score (nSPS) is 11.3. The lowest BCUT2D eigenvalue weighted by Crippen LogP contribution is -2.10. The van der Waals surface area contributed by atoms with Gasteiger partial charge in [0.2, 0.25) is 0 Å². The predicted octanol–water partition coefficient (Wildman–Crippen LogP) is 2.94. The van der Waals surface area contributed by atoms with Gasteiger partial charge in [-0.15, -0.1) is 5.10 Å². The van der Waals surface area contributed by atoms with Gasteiger partial charge in [-0.2, -0.15) is 0 Å². The lowest BCUT2D eigenvalue weighted by molar-refractivity contribution is 0.0519. The second-order valence-corrected chi connectivity index (χ2v) is 7.07. The van der Waals surface area contributed by atoms with Gasteiger partial charge in [-0.25, -0.2) is 14.5 Å². The van der Waals surface area contributed by atoms with E-state index in [4.69, 9.17) is 9.47 Å². The average molecular weight is 425 g/mol. The third kappa shape index (κ3) is 3.30. The molecule has 4 aromatic rings. The fourth-order valence-electron chi connectivity index (χ4n) is 3.69. The zero-order valence-corrected chi connectivity index (χ0v) is 17.6. The summed E-state index contributed by atoms with van der Waals surface area (Å²) in [5.41, 5.74) is 4.69. The minimum absolute atomic E-state index is 0.269. The van der Waals surface area contributed by atoms with Crippen LogP contribution in [0.15, 0.2) is 54.9 Å². The molecule has 5 rings (SSSR count). The largest absolute Gasteiger partial charge is 0.497 e. The molecule has 0 spiro atoms. The number of rotatable bonds is 3. The highest BCUT2D eigenvalue weighted by Gasteiger charge is 2.28. The lowest BCUT2D eigenvalue weighted by Gasteiger charge is -2.11. The summed E-state index contributed by atoms with van der Waals surface area (Å²) in [5.74, 6) is 6.48. The Balaban J connectivity index is 1.70. The summed E-state index contributed by atoms with van der Waals surface area (Å²) in [6.45, 7) is 2.04. The Labute approximate surface area is 184 Å². The number of benzene rings is 2. The van der Waals surface area contributed by atoms with Crippen molar-refractivity contribution >= 4 is 5.97 Å². The van der Waals surface area contributed by atoms with Gasteiger partial charge in [0.15, 0.2) is 11.4 Å². The molecule has 0 unspecified atom stereocenters. The third-order valence-corrected chi connectivity index (χ3v) is 5.20. The summed E-state index contributed by atoms with van der Waals surface area (Å²) in [6, 6.07) is 15.3. The molecule has 0 amide bonds. The first-order chi connectivity index (χ1) is 15.7. The van der Waals surface area contributed by atoms with Crippen LogP contribution in [0.1, 0.15) is 40.1 Å². The van der Waals surface area contributed by atoms with Crippen molar-refractivity contribution in [2.24, 2.45) is 0 Å². The van der Waals surface area contributed by atoms with E-state index in [-0.39, 0.29) is 12.3 Å². The van der Waals surface area contributed by atoms with E-state index in [1.807, 2.05) is 53.1 Å². The monoisotopic (exact) mass is 425 g/mol. The van der Waals surface area contributed by atoms with Crippen LogP contribution >= 0.6 is 0 Å². The number of aromatic nitrogens is 5. The van der Waals surface area contributed by atoms with E-state index in [2.05, 4.69) is 27.1 Å². The fourth-order valence-corrected chi connectivity index (χ4v) is 3.69. The van der Waals surface area contributed by atoms with Crippen molar-refractivity contribution in [3.63, 3.8) is 0 Å². The van der Waals surface area contributed by atoms with Crippen molar-refractivity contribution in [1.29, 1.82) is 0 Å². The molecule has 158 valence electrons. The Morgan fingerprint density at radius 3 is 2.72 bits per heavy atom. The maximum atomic E-state index is 12.6. The molecular weight excluding hydrogens is 406 g/mol. The maximum Gasteiger partial charge on any atom is 0.358 e. The third-order valence-electron chi connectivity index (χ3n) is 5.20. The Morgan fingerprint density at radius 1 is 1.09 bits per heavy atom. The summed E-state index contributed by atoms with van der Waals surface area (Å²) in [7, 11) is 1.61. The molecule has 1 aliphatic heterocycles. The molecule has 0 radical (unpaired) electrons. The molecule has 8 heteroatoms. The van der Waals surface area contributed by atoms with E-state index in [0.29, 0.717) is 23.6 Å². The molecule has 0 aliphatic carbocycles. The Morgan fingerprint density at radius 2 is 1.94 bits per heavy atom. The molecule has 0 atom stereocenters. The second kappa shape index (κ2) is 8.04. The number of hydrogen-bond acceptors (Lipinski definition) is 6. The number of esters is 1. The van der Waals surface area contributed by atoms with Crippen molar-refractivity contribution in [2.45, 2.75) is 13.3 Å². The molecule has 0 saturated carbocycles. The van der Waals surface area contributed by atoms with E-state index in [1.54, 1.807) is 25.0 Å². The van der Waals surface area contributed by atoms with Crippen LogP contribution in [-0.4, -0.2) is 44.2 Å². The van der Waals surface area contributed by atoms with Gasteiger partial charge < -0.3 is 9.47 Å². The Hall–Kier alpha value is -4.38. The van der Waals surface area contributed by atoms with Crippen LogP contribution in [0, 0.1) is 11.8 Å². The summed E-state index contributed by atoms with van der Waals surface area (Å²) in [4.78, 5) is 16.9. The van der Waals surface area contributed by atoms with Gasteiger partial charge >= 0.3 is 5.97 Å². The smallest absolute Gasteiger partial charge is 0.358 e. The number of carbonyl (C=O) groups is 1. The average Bonchev–Trinajstić information content (AvgIpc) is 3.39. The highest BCUT2D eigenvalue weighted by atomic mass is 16.5. The van der Waals surface area contributed by atoms with Crippen molar-refractivity contribution in [1.82, 2.24) is 24.5 Å². The number of imidazole rings is 1. The van der Waals surface area contributed by atoms with Crippen LogP contribution in [0.2, 0.25) is 0 Å². The lowest BCUT2D eigenvalue weighted by atomic mass is 10.1. The summed E-state index contributed by atoms with van der Waals surface area (Å²) >= 11 is 0. The van der Waals surface area contributed by atoms with Crippen LogP contribution in [0.25, 0.3) is 11.4 Å². The van der Waals surface area contributed by atoms with Gasteiger partial charge in [0.1, 0.15) is 12.1 Å². The zero-order valence-electron chi connectivity index (χ0n) is 17.6. The van der Waals surface area contributed by atoms with Crippen LogP contribution in [-0.2, 0) is 11.2 Å². The fraction of sp³-hybridized carbons (Fsp3) is 0.167. The van der Waals surface area contributed by atoms with Gasteiger partial charge in [-0.3, -0.25) is 4.57 Å². The molecular formula is C24H19N5O3. The first-order valence-electron chi connectivity index (χ1n) is 10.1. The van der Waals surface area contributed by atoms with E-state index in [9.17, 15) is 4.79 Å². The number of ether oxygens (including phenoxy) is 2. The van der Waals surface area contributed by atoms with E-state index < -0.39 is 5.97 Å². The molecule has 0 fully saturated rings. The van der Waals surface area contributed by atoms with E-state index in [1.165, 1.54) is 0 Å². The highest BCUT2D eigenvalue weighted by Crippen LogP contribution is 2.32. The van der Waals surface area contributed by atoms with Crippen molar-refractivity contribution in [2.75, 3.05) is 13.7 Å². The molecule has 1 aliphatic rings. The van der Waals surface area contributed by atoms with Crippen LogP contribution in [0.5, 0.6) is 5.75 Å². The van der Waals surface area contributed by atoms with Crippen molar-refractivity contribution < 1.29 is 14.3 Å². The topological polar surface area (TPSA) is 84.1 Å². The molecule has 0 saturated heterocycles. The standard InChI is InChI=1S/C24H19N5O3/c1-3-32-24(30)23-22-14-20-18(11-9-16-7-5-4-6-8-16)26-27-29(20)21-13-17(31-2)10-12-19(21)28(22)15-25-23/h4-8,10,12-13,15H,3,14H2,1-2H3. The number of methoxy groups -OCH3 is 1. The SMILES string of the molecule is CCOC(=O)c1ncn2c1Cc1c(C#Cc3ccccc3)nnn1-c1cc(OC)ccc1-2. The van der Waals surface area contributed by atoms with Crippen molar-refractivity contribution in [3.05, 3.63) is 83.2 Å². The minimum Gasteiger partial charge on any atom is -0.497 e.